The molecule has 0 saturated heterocycles. The third kappa shape index (κ3) is 3.84. The van der Waals surface area contributed by atoms with Crippen molar-refractivity contribution in [2.45, 2.75) is 10.1 Å². The van der Waals surface area contributed by atoms with Gasteiger partial charge in [-0.3, -0.25) is 15.1 Å². The SMILES string of the molecule is O=C(Nc1nnc(SCc2ccccn2)s1)c1nc2ccccc2s1. The molecule has 4 aromatic rings. The molecule has 0 atom stereocenters. The molecule has 0 aliphatic rings. The number of fused-ring (bicyclic) bond motifs is 1. The van der Waals surface area contributed by atoms with Gasteiger partial charge in [0, 0.05) is 11.9 Å². The number of hydrogen-bond acceptors (Lipinski definition) is 8. The second kappa shape index (κ2) is 7.26. The maximum atomic E-state index is 12.3. The van der Waals surface area contributed by atoms with E-state index in [1.807, 2.05) is 42.5 Å². The molecule has 0 aliphatic carbocycles. The Balaban J connectivity index is 1.41. The highest BCUT2D eigenvalue weighted by Crippen LogP contribution is 2.28. The maximum absolute atomic E-state index is 12.3. The maximum Gasteiger partial charge on any atom is 0.286 e. The van der Waals surface area contributed by atoms with Crippen molar-refractivity contribution in [1.29, 1.82) is 0 Å². The Kier molecular flexibility index (Phi) is 4.68. The molecule has 0 unspecified atom stereocenters. The minimum atomic E-state index is -0.265. The molecule has 6 nitrogen and oxygen atoms in total. The van der Waals surface area contributed by atoms with Crippen molar-refractivity contribution < 1.29 is 4.79 Å². The van der Waals surface area contributed by atoms with Crippen LogP contribution in [0.5, 0.6) is 0 Å². The fraction of sp³-hybridized carbons (Fsp3) is 0.0625. The number of nitrogens with zero attached hydrogens (tertiary/aromatic N) is 4. The molecule has 0 radical (unpaired) electrons. The van der Waals surface area contributed by atoms with Crippen LogP contribution in [0.25, 0.3) is 10.2 Å². The van der Waals surface area contributed by atoms with Gasteiger partial charge in [-0.15, -0.1) is 21.5 Å². The molecule has 9 heteroatoms. The molecule has 0 saturated carbocycles. The van der Waals surface area contributed by atoms with Crippen LogP contribution in [0.15, 0.2) is 53.0 Å². The summed E-state index contributed by atoms with van der Waals surface area (Å²) in [6.07, 6.45) is 1.76. The van der Waals surface area contributed by atoms with Gasteiger partial charge in [0.25, 0.3) is 5.91 Å². The summed E-state index contributed by atoms with van der Waals surface area (Å²) in [5.74, 6) is 0.444. The van der Waals surface area contributed by atoms with Gasteiger partial charge < -0.3 is 0 Å². The Hall–Kier alpha value is -2.36. The molecule has 4 rings (SSSR count). The number of benzene rings is 1. The number of rotatable bonds is 5. The normalized spacial score (nSPS) is 10.9. The van der Waals surface area contributed by atoms with E-state index in [2.05, 4.69) is 25.5 Å². The zero-order valence-electron chi connectivity index (χ0n) is 12.7. The van der Waals surface area contributed by atoms with Crippen LogP contribution < -0.4 is 5.32 Å². The Morgan fingerprint density at radius 1 is 1.08 bits per heavy atom. The van der Waals surface area contributed by atoms with Gasteiger partial charge in [-0.25, -0.2) is 4.98 Å². The summed E-state index contributed by atoms with van der Waals surface area (Å²) < 4.78 is 1.77. The minimum absolute atomic E-state index is 0.265. The van der Waals surface area contributed by atoms with Gasteiger partial charge in [0.2, 0.25) is 5.13 Å². The Bertz CT molecular complexity index is 982. The van der Waals surface area contributed by atoms with E-state index in [1.165, 1.54) is 34.4 Å². The fourth-order valence-corrected chi connectivity index (χ4v) is 4.58. The van der Waals surface area contributed by atoms with E-state index < -0.39 is 0 Å². The average Bonchev–Trinajstić information content (AvgIpc) is 3.27. The zero-order valence-corrected chi connectivity index (χ0v) is 15.2. The van der Waals surface area contributed by atoms with Crippen LogP contribution in [0.3, 0.4) is 0 Å². The molecule has 3 aromatic heterocycles. The Labute approximate surface area is 155 Å². The number of carbonyl (C=O) groups is 1. The minimum Gasteiger partial charge on any atom is -0.294 e. The van der Waals surface area contributed by atoms with Gasteiger partial charge in [-0.05, 0) is 24.3 Å². The largest absolute Gasteiger partial charge is 0.294 e. The van der Waals surface area contributed by atoms with Crippen LogP contribution in [0.2, 0.25) is 0 Å². The summed E-state index contributed by atoms with van der Waals surface area (Å²) in [6.45, 7) is 0. The van der Waals surface area contributed by atoms with Crippen molar-refractivity contribution in [1.82, 2.24) is 20.2 Å². The number of amides is 1. The van der Waals surface area contributed by atoms with E-state index in [0.29, 0.717) is 15.9 Å². The molecule has 0 bridgehead atoms. The molecule has 3 heterocycles. The van der Waals surface area contributed by atoms with Gasteiger partial charge in [-0.1, -0.05) is 41.3 Å². The molecule has 0 fully saturated rings. The number of anilines is 1. The molecule has 0 aliphatic heterocycles. The molecule has 1 aromatic carbocycles. The summed E-state index contributed by atoms with van der Waals surface area (Å²) >= 11 is 4.24. The van der Waals surface area contributed by atoms with Crippen molar-refractivity contribution in [3.05, 3.63) is 59.4 Å². The van der Waals surface area contributed by atoms with Crippen LogP contribution in [0, 0.1) is 0 Å². The van der Waals surface area contributed by atoms with Crippen molar-refractivity contribution in [3.63, 3.8) is 0 Å². The number of thioether (sulfide) groups is 1. The molecule has 1 N–H and O–H groups in total. The van der Waals surface area contributed by atoms with Crippen LogP contribution in [-0.2, 0) is 5.75 Å². The number of nitrogens with one attached hydrogen (secondary N) is 1. The number of pyridine rings is 1. The monoisotopic (exact) mass is 385 g/mol. The third-order valence-electron chi connectivity index (χ3n) is 3.18. The topological polar surface area (TPSA) is 80.7 Å². The first-order valence-electron chi connectivity index (χ1n) is 7.31. The first-order chi connectivity index (χ1) is 12.3. The van der Waals surface area contributed by atoms with E-state index in [1.54, 1.807) is 6.20 Å². The number of hydrogen-bond donors (Lipinski definition) is 1. The summed E-state index contributed by atoms with van der Waals surface area (Å²) in [5, 5.41) is 11.8. The Morgan fingerprint density at radius 2 is 1.96 bits per heavy atom. The lowest BCUT2D eigenvalue weighted by atomic mass is 10.3. The van der Waals surface area contributed by atoms with E-state index in [0.717, 1.165) is 20.3 Å². The van der Waals surface area contributed by atoms with Crippen LogP contribution >= 0.6 is 34.4 Å². The van der Waals surface area contributed by atoms with Gasteiger partial charge in [0.05, 0.1) is 15.9 Å². The van der Waals surface area contributed by atoms with Gasteiger partial charge in [0.1, 0.15) is 0 Å². The molecule has 1 amide bonds. The van der Waals surface area contributed by atoms with Crippen molar-refractivity contribution in [2.75, 3.05) is 5.32 Å². The molecule has 124 valence electrons. The number of para-hydroxylation sites is 1. The first kappa shape index (κ1) is 16.1. The smallest absolute Gasteiger partial charge is 0.286 e. The lowest BCUT2D eigenvalue weighted by molar-refractivity contribution is 0.102. The van der Waals surface area contributed by atoms with Crippen LogP contribution in [0.1, 0.15) is 15.5 Å². The molecule has 0 spiro atoms. The molecule has 25 heavy (non-hydrogen) atoms. The first-order valence-corrected chi connectivity index (χ1v) is 9.93. The second-order valence-electron chi connectivity index (χ2n) is 4.92. The van der Waals surface area contributed by atoms with E-state index in [-0.39, 0.29) is 5.91 Å². The fourth-order valence-electron chi connectivity index (χ4n) is 2.06. The highest BCUT2D eigenvalue weighted by atomic mass is 32.2. The highest BCUT2D eigenvalue weighted by molar-refractivity contribution is 8.00. The quantitative estimate of drug-likeness (QED) is 0.412. The molecular weight excluding hydrogens is 374 g/mol. The van der Waals surface area contributed by atoms with Crippen molar-refractivity contribution in [3.8, 4) is 0 Å². The zero-order chi connectivity index (χ0) is 17.1. The Morgan fingerprint density at radius 3 is 2.80 bits per heavy atom. The number of aromatic nitrogens is 4. The van der Waals surface area contributed by atoms with E-state index >= 15 is 0 Å². The molecular formula is C16H11N5OS3. The third-order valence-corrected chi connectivity index (χ3v) is 6.23. The van der Waals surface area contributed by atoms with Crippen molar-refractivity contribution in [2.24, 2.45) is 0 Å². The lowest BCUT2D eigenvalue weighted by Gasteiger charge is -1.96. The number of thiazole rings is 1. The standard InChI is InChI=1S/C16H11N5OS3/c22-13(14-18-11-6-1-2-7-12(11)24-14)19-15-20-21-16(25-15)23-9-10-5-3-4-8-17-10/h1-8H,9H2,(H,19,20,22). The number of carbonyl (C=O) groups excluding carboxylic acids is 1. The summed E-state index contributed by atoms with van der Waals surface area (Å²) in [5.41, 5.74) is 1.80. The van der Waals surface area contributed by atoms with E-state index in [4.69, 9.17) is 0 Å². The van der Waals surface area contributed by atoms with Gasteiger partial charge in [-0.2, -0.15) is 0 Å². The summed E-state index contributed by atoms with van der Waals surface area (Å²) in [7, 11) is 0. The highest BCUT2D eigenvalue weighted by Gasteiger charge is 2.15. The predicted molar refractivity (Wildman–Crippen MR) is 101 cm³/mol. The summed E-state index contributed by atoms with van der Waals surface area (Å²) in [6, 6.07) is 13.5. The van der Waals surface area contributed by atoms with Gasteiger partial charge in [0.15, 0.2) is 9.35 Å². The second-order valence-corrected chi connectivity index (χ2v) is 8.15. The van der Waals surface area contributed by atoms with Crippen LogP contribution in [0.4, 0.5) is 5.13 Å². The van der Waals surface area contributed by atoms with Crippen molar-refractivity contribution >= 4 is 55.7 Å². The lowest BCUT2D eigenvalue weighted by Crippen LogP contribution is -2.11. The van der Waals surface area contributed by atoms with Gasteiger partial charge >= 0.3 is 0 Å². The van der Waals surface area contributed by atoms with E-state index in [9.17, 15) is 4.79 Å². The predicted octanol–water partition coefficient (Wildman–Crippen LogP) is 4.09. The average molecular weight is 385 g/mol. The van der Waals surface area contributed by atoms with Crippen LogP contribution in [-0.4, -0.2) is 26.1 Å². The summed E-state index contributed by atoms with van der Waals surface area (Å²) in [4.78, 5) is 20.9.